The molecule has 0 amide bonds. The number of rotatable bonds is 5. The van der Waals surface area contributed by atoms with E-state index in [4.69, 9.17) is 0 Å². The molecule has 0 fully saturated rings. The van der Waals surface area contributed by atoms with Gasteiger partial charge in [0.15, 0.2) is 5.78 Å². The molecule has 108 valence electrons. The van der Waals surface area contributed by atoms with Crippen LogP contribution in [0.15, 0.2) is 22.7 Å². The van der Waals surface area contributed by atoms with Crippen LogP contribution in [0.1, 0.15) is 49.5 Å². The van der Waals surface area contributed by atoms with Gasteiger partial charge in [-0.3, -0.25) is 9.59 Å². The number of fused-ring (bicyclic) bond motifs is 1. The highest BCUT2D eigenvalue weighted by Gasteiger charge is 2.33. The van der Waals surface area contributed by atoms with Crippen LogP contribution in [0, 0.1) is 17.8 Å². The second-order valence-electron chi connectivity index (χ2n) is 5.92. The van der Waals surface area contributed by atoms with E-state index in [-0.39, 0.29) is 29.3 Å². The van der Waals surface area contributed by atoms with Gasteiger partial charge in [0, 0.05) is 27.8 Å². The summed E-state index contributed by atoms with van der Waals surface area (Å²) >= 11 is 3.41. The first-order chi connectivity index (χ1) is 9.43. The topological polar surface area (TPSA) is 34.1 Å². The largest absolute Gasteiger partial charge is 0.299 e. The van der Waals surface area contributed by atoms with Crippen LogP contribution < -0.4 is 0 Å². The molecule has 0 aromatic heterocycles. The summed E-state index contributed by atoms with van der Waals surface area (Å²) in [7, 11) is 0. The lowest BCUT2D eigenvalue weighted by molar-refractivity contribution is -0.126. The van der Waals surface area contributed by atoms with Gasteiger partial charge >= 0.3 is 0 Å². The molecule has 0 radical (unpaired) electrons. The minimum absolute atomic E-state index is 0.0256. The number of hydrogen-bond acceptors (Lipinski definition) is 2. The Balaban J connectivity index is 2.07. The normalized spacial score (nSPS) is 20.6. The van der Waals surface area contributed by atoms with Crippen molar-refractivity contribution in [3.8, 4) is 0 Å². The van der Waals surface area contributed by atoms with Crippen molar-refractivity contribution < 1.29 is 9.59 Å². The molecule has 20 heavy (non-hydrogen) atoms. The van der Waals surface area contributed by atoms with Crippen LogP contribution in [0.25, 0.3) is 0 Å². The standard InChI is InChI=1S/C17H21BrO2/c1-4-10(2)16(19)11(3)7-13-8-12-5-6-14(18)9-15(12)17(13)20/h5-6,9-11,13H,4,7-8H2,1-3H3. The van der Waals surface area contributed by atoms with Crippen molar-refractivity contribution in [2.75, 3.05) is 0 Å². The van der Waals surface area contributed by atoms with Crippen LogP contribution >= 0.6 is 15.9 Å². The minimum Gasteiger partial charge on any atom is -0.299 e. The fourth-order valence-corrected chi connectivity index (χ4v) is 3.32. The molecule has 1 aliphatic carbocycles. The van der Waals surface area contributed by atoms with E-state index in [0.717, 1.165) is 28.4 Å². The first-order valence-electron chi connectivity index (χ1n) is 7.30. The van der Waals surface area contributed by atoms with Crippen molar-refractivity contribution in [1.29, 1.82) is 0 Å². The van der Waals surface area contributed by atoms with E-state index in [2.05, 4.69) is 15.9 Å². The maximum Gasteiger partial charge on any atom is 0.166 e. The molecular weight excluding hydrogens is 316 g/mol. The lowest BCUT2D eigenvalue weighted by atomic mass is 9.85. The molecule has 0 bridgehead atoms. The smallest absolute Gasteiger partial charge is 0.166 e. The molecule has 2 nitrogen and oxygen atoms in total. The molecule has 0 saturated heterocycles. The number of carbonyl (C=O) groups excluding carboxylic acids is 2. The molecule has 1 aromatic carbocycles. The molecule has 0 N–H and O–H groups in total. The molecule has 3 atom stereocenters. The van der Waals surface area contributed by atoms with Gasteiger partial charge < -0.3 is 0 Å². The van der Waals surface area contributed by atoms with Crippen LogP contribution in [0.5, 0.6) is 0 Å². The average Bonchev–Trinajstić information content (AvgIpc) is 2.73. The van der Waals surface area contributed by atoms with Crippen LogP contribution in [-0.4, -0.2) is 11.6 Å². The third-order valence-corrected chi connectivity index (χ3v) is 4.89. The fraction of sp³-hybridized carbons (Fsp3) is 0.529. The van der Waals surface area contributed by atoms with E-state index in [1.165, 1.54) is 0 Å². The summed E-state index contributed by atoms with van der Waals surface area (Å²) in [5, 5.41) is 0. The van der Waals surface area contributed by atoms with E-state index < -0.39 is 0 Å². The quantitative estimate of drug-likeness (QED) is 0.796. The Bertz CT molecular complexity index is 536. The molecule has 3 heteroatoms. The summed E-state index contributed by atoms with van der Waals surface area (Å²) in [6, 6.07) is 5.89. The Morgan fingerprint density at radius 2 is 2.05 bits per heavy atom. The van der Waals surface area contributed by atoms with Crippen molar-refractivity contribution in [1.82, 2.24) is 0 Å². The van der Waals surface area contributed by atoms with Gasteiger partial charge in [0.1, 0.15) is 5.78 Å². The summed E-state index contributed by atoms with van der Waals surface area (Å²) in [4.78, 5) is 24.6. The Morgan fingerprint density at radius 3 is 2.70 bits per heavy atom. The van der Waals surface area contributed by atoms with Gasteiger partial charge in [0.2, 0.25) is 0 Å². The number of ketones is 2. The molecule has 0 saturated carbocycles. The van der Waals surface area contributed by atoms with E-state index in [1.54, 1.807) is 0 Å². The first kappa shape index (κ1) is 15.4. The first-order valence-corrected chi connectivity index (χ1v) is 8.09. The second kappa shape index (κ2) is 6.21. The van der Waals surface area contributed by atoms with Crippen LogP contribution in [0.2, 0.25) is 0 Å². The predicted molar refractivity (Wildman–Crippen MR) is 83.9 cm³/mol. The predicted octanol–water partition coefficient (Wildman–Crippen LogP) is 4.45. The van der Waals surface area contributed by atoms with Crippen molar-refractivity contribution in [3.05, 3.63) is 33.8 Å². The molecular formula is C17H21BrO2. The summed E-state index contributed by atoms with van der Waals surface area (Å²) in [6.45, 7) is 5.96. The number of carbonyl (C=O) groups is 2. The van der Waals surface area contributed by atoms with Gasteiger partial charge in [-0.2, -0.15) is 0 Å². The van der Waals surface area contributed by atoms with Gasteiger partial charge in [-0.25, -0.2) is 0 Å². The van der Waals surface area contributed by atoms with Gasteiger partial charge in [0.25, 0.3) is 0 Å². The second-order valence-corrected chi connectivity index (χ2v) is 6.83. The maximum absolute atomic E-state index is 12.4. The van der Waals surface area contributed by atoms with Crippen LogP contribution in [0.4, 0.5) is 0 Å². The SMILES string of the molecule is CCC(C)C(=O)C(C)CC1Cc2ccc(Br)cc2C1=O. The zero-order chi connectivity index (χ0) is 14.9. The molecule has 0 heterocycles. The Kier molecular flexibility index (Phi) is 4.79. The van der Waals surface area contributed by atoms with E-state index in [0.29, 0.717) is 6.42 Å². The lowest BCUT2D eigenvalue weighted by Crippen LogP contribution is -2.23. The van der Waals surface area contributed by atoms with Crippen LogP contribution in [0.3, 0.4) is 0 Å². The highest BCUT2D eigenvalue weighted by atomic mass is 79.9. The third-order valence-electron chi connectivity index (χ3n) is 4.40. The highest BCUT2D eigenvalue weighted by molar-refractivity contribution is 9.10. The van der Waals surface area contributed by atoms with Crippen molar-refractivity contribution in [2.45, 2.75) is 40.0 Å². The Labute approximate surface area is 129 Å². The molecule has 1 aliphatic rings. The summed E-state index contributed by atoms with van der Waals surface area (Å²) in [6.07, 6.45) is 2.32. The molecule has 3 unspecified atom stereocenters. The highest BCUT2D eigenvalue weighted by Crippen LogP contribution is 2.33. The number of hydrogen-bond donors (Lipinski definition) is 0. The van der Waals surface area contributed by atoms with E-state index >= 15 is 0 Å². The Hall–Kier alpha value is -0.960. The van der Waals surface area contributed by atoms with Crippen molar-refractivity contribution in [3.63, 3.8) is 0 Å². The lowest BCUT2D eigenvalue weighted by Gasteiger charge is -2.17. The summed E-state index contributed by atoms with van der Waals surface area (Å²) < 4.78 is 0.939. The van der Waals surface area contributed by atoms with Crippen LogP contribution in [-0.2, 0) is 11.2 Å². The minimum atomic E-state index is -0.0309. The molecule has 0 aliphatic heterocycles. The maximum atomic E-state index is 12.4. The Morgan fingerprint density at radius 1 is 1.35 bits per heavy atom. The monoisotopic (exact) mass is 336 g/mol. The zero-order valence-electron chi connectivity index (χ0n) is 12.3. The van der Waals surface area contributed by atoms with E-state index in [9.17, 15) is 9.59 Å². The molecule has 1 aromatic rings. The summed E-state index contributed by atoms with van der Waals surface area (Å²) in [5.41, 5.74) is 1.94. The number of Topliss-reactive ketones (excluding diaryl/α,β-unsaturated/α-hetero) is 2. The summed E-state index contributed by atoms with van der Waals surface area (Å²) in [5.74, 6) is 0.527. The molecule has 2 rings (SSSR count). The average molecular weight is 337 g/mol. The number of halogens is 1. The van der Waals surface area contributed by atoms with Gasteiger partial charge in [-0.05, 0) is 37.0 Å². The third kappa shape index (κ3) is 3.03. The van der Waals surface area contributed by atoms with E-state index in [1.807, 2.05) is 39.0 Å². The van der Waals surface area contributed by atoms with Gasteiger partial charge in [-0.1, -0.05) is 42.8 Å². The zero-order valence-corrected chi connectivity index (χ0v) is 13.9. The van der Waals surface area contributed by atoms with Crippen molar-refractivity contribution in [2.24, 2.45) is 17.8 Å². The van der Waals surface area contributed by atoms with Crippen molar-refractivity contribution >= 4 is 27.5 Å². The molecule has 0 spiro atoms. The van der Waals surface area contributed by atoms with Gasteiger partial charge in [0.05, 0.1) is 0 Å². The fourth-order valence-electron chi connectivity index (χ4n) is 2.95. The van der Waals surface area contributed by atoms with Gasteiger partial charge in [-0.15, -0.1) is 0 Å². The number of benzene rings is 1.